The van der Waals surface area contributed by atoms with Crippen LogP contribution in [-0.2, 0) is 0 Å². The molecule has 0 saturated carbocycles. The van der Waals surface area contributed by atoms with Crippen LogP contribution >= 0.6 is 15.9 Å². The first kappa shape index (κ1) is 12.5. The molecule has 1 amide bonds. The number of amides is 1. The molecule has 92 valence electrons. The summed E-state index contributed by atoms with van der Waals surface area (Å²) in [5.41, 5.74) is 5.41. The second kappa shape index (κ2) is 5.14. The number of nitrogens with zero attached hydrogens (tertiary/aromatic N) is 1. The second-order valence-electron chi connectivity index (χ2n) is 3.52. The molecular formula is C12H9BrFN3O. The first-order chi connectivity index (χ1) is 8.58. The van der Waals surface area contributed by atoms with Crippen LogP contribution in [0.2, 0.25) is 0 Å². The van der Waals surface area contributed by atoms with Gasteiger partial charge in [0.15, 0.2) is 0 Å². The highest BCUT2D eigenvalue weighted by Crippen LogP contribution is 2.17. The Morgan fingerprint density at radius 1 is 1.33 bits per heavy atom. The normalized spacial score (nSPS) is 10.1. The Kier molecular flexibility index (Phi) is 3.57. The van der Waals surface area contributed by atoms with Crippen molar-refractivity contribution in [3.05, 3.63) is 52.4 Å². The van der Waals surface area contributed by atoms with Gasteiger partial charge in [-0.2, -0.15) is 0 Å². The summed E-state index contributed by atoms with van der Waals surface area (Å²) >= 11 is 3.23. The van der Waals surface area contributed by atoms with Gasteiger partial charge in [0, 0.05) is 10.7 Å². The number of carbonyl (C=O) groups excluding carboxylic acids is 1. The maximum absolute atomic E-state index is 13.2. The van der Waals surface area contributed by atoms with Crippen LogP contribution in [0.25, 0.3) is 0 Å². The maximum Gasteiger partial charge on any atom is 0.259 e. The van der Waals surface area contributed by atoms with Gasteiger partial charge in [-0.15, -0.1) is 0 Å². The molecule has 2 aromatic rings. The number of rotatable bonds is 2. The van der Waals surface area contributed by atoms with Crippen molar-refractivity contribution < 1.29 is 9.18 Å². The minimum absolute atomic E-state index is 0.0831. The van der Waals surface area contributed by atoms with E-state index in [1.54, 1.807) is 18.3 Å². The SMILES string of the molecule is Nc1c(F)cccc1C(=O)Nc1ccc(Br)cn1. The van der Waals surface area contributed by atoms with Crippen LogP contribution < -0.4 is 11.1 Å². The van der Waals surface area contributed by atoms with Gasteiger partial charge in [-0.3, -0.25) is 4.79 Å². The molecule has 0 radical (unpaired) electrons. The number of carbonyl (C=O) groups is 1. The topological polar surface area (TPSA) is 68.0 Å². The summed E-state index contributed by atoms with van der Waals surface area (Å²) in [5.74, 6) is -0.750. The summed E-state index contributed by atoms with van der Waals surface area (Å²) in [4.78, 5) is 15.8. The largest absolute Gasteiger partial charge is 0.396 e. The van der Waals surface area contributed by atoms with E-state index in [0.717, 1.165) is 4.47 Å². The Labute approximate surface area is 111 Å². The van der Waals surface area contributed by atoms with E-state index in [-0.39, 0.29) is 11.3 Å². The lowest BCUT2D eigenvalue weighted by molar-refractivity contribution is 0.102. The first-order valence-electron chi connectivity index (χ1n) is 5.05. The van der Waals surface area contributed by atoms with Gasteiger partial charge in [0.25, 0.3) is 5.91 Å². The van der Waals surface area contributed by atoms with Gasteiger partial charge in [0.1, 0.15) is 11.6 Å². The fourth-order valence-electron chi connectivity index (χ4n) is 1.37. The van der Waals surface area contributed by atoms with Crippen LogP contribution in [0.4, 0.5) is 15.9 Å². The third-order valence-electron chi connectivity index (χ3n) is 2.27. The molecule has 1 heterocycles. The number of hydrogen-bond acceptors (Lipinski definition) is 3. The van der Waals surface area contributed by atoms with E-state index in [1.807, 2.05) is 0 Å². The Hall–Kier alpha value is -1.95. The standard InChI is InChI=1S/C12H9BrFN3O/c13-7-4-5-10(16-6-7)17-12(18)8-2-1-3-9(14)11(8)15/h1-6H,15H2,(H,16,17,18). The van der Waals surface area contributed by atoms with Gasteiger partial charge < -0.3 is 11.1 Å². The van der Waals surface area contributed by atoms with Crippen molar-refractivity contribution in [1.29, 1.82) is 0 Å². The van der Waals surface area contributed by atoms with E-state index in [2.05, 4.69) is 26.2 Å². The van der Waals surface area contributed by atoms with E-state index < -0.39 is 11.7 Å². The molecule has 18 heavy (non-hydrogen) atoms. The van der Waals surface area contributed by atoms with Crippen molar-refractivity contribution in [3.8, 4) is 0 Å². The van der Waals surface area contributed by atoms with Crippen LogP contribution in [0.15, 0.2) is 41.0 Å². The number of nitrogens with one attached hydrogen (secondary N) is 1. The molecule has 2 rings (SSSR count). The average Bonchev–Trinajstić information content (AvgIpc) is 2.35. The van der Waals surface area contributed by atoms with Crippen LogP contribution in [0, 0.1) is 5.82 Å². The molecule has 0 saturated heterocycles. The first-order valence-corrected chi connectivity index (χ1v) is 5.84. The lowest BCUT2D eigenvalue weighted by Gasteiger charge is -2.07. The summed E-state index contributed by atoms with van der Waals surface area (Å²) in [7, 11) is 0. The molecule has 0 aliphatic rings. The number of nitrogen functional groups attached to an aromatic ring is 1. The Morgan fingerprint density at radius 3 is 2.78 bits per heavy atom. The highest BCUT2D eigenvalue weighted by atomic mass is 79.9. The zero-order valence-corrected chi connectivity index (χ0v) is 10.7. The summed E-state index contributed by atoms with van der Waals surface area (Å²) in [6, 6.07) is 7.43. The molecule has 0 spiro atoms. The zero-order chi connectivity index (χ0) is 13.1. The molecule has 0 aliphatic carbocycles. The van der Waals surface area contributed by atoms with Gasteiger partial charge >= 0.3 is 0 Å². The van der Waals surface area contributed by atoms with Gasteiger partial charge in [0.2, 0.25) is 0 Å². The van der Waals surface area contributed by atoms with Crippen molar-refractivity contribution in [2.45, 2.75) is 0 Å². The van der Waals surface area contributed by atoms with E-state index >= 15 is 0 Å². The molecule has 1 aromatic carbocycles. The van der Waals surface area contributed by atoms with Crippen LogP contribution in [0.1, 0.15) is 10.4 Å². The number of halogens is 2. The maximum atomic E-state index is 13.2. The van der Waals surface area contributed by atoms with Gasteiger partial charge in [-0.25, -0.2) is 9.37 Å². The van der Waals surface area contributed by atoms with E-state index in [9.17, 15) is 9.18 Å². The van der Waals surface area contributed by atoms with Gasteiger partial charge in [0.05, 0.1) is 11.3 Å². The van der Waals surface area contributed by atoms with Gasteiger partial charge in [-0.05, 0) is 40.2 Å². The number of para-hydroxylation sites is 1. The fourth-order valence-corrected chi connectivity index (χ4v) is 1.60. The van der Waals surface area contributed by atoms with E-state index in [0.29, 0.717) is 5.82 Å². The summed E-state index contributed by atoms with van der Waals surface area (Å²) in [6.07, 6.45) is 1.55. The van der Waals surface area contributed by atoms with E-state index in [4.69, 9.17) is 5.73 Å². The highest BCUT2D eigenvalue weighted by molar-refractivity contribution is 9.10. The number of hydrogen-bond donors (Lipinski definition) is 2. The molecular weight excluding hydrogens is 301 g/mol. The second-order valence-corrected chi connectivity index (χ2v) is 4.43. The monoisotopic (exact) mass is 309 g/mol. The lowest BCUT2D eigenvalue weighted by Crippen LogP contribution is -2.15. The van der Waals surface area contributed by atoms with Crippen molar-refractivity contribution in [2.75, 3.05) is 11.1 Å². The molecule has 0 atom stereocenters. The molecule has 0 fully saturated rings. The Morgan fingerprint density at radius 2 is 2.11 bits per heavy atom. The lowest BCUT2D eigenvalue weighted by atomic mass is 10.1. The molecule has 0 bridgehead atoms. The summed E-state index contributed by atoms with van der Waals surface area (Å²) in [6.45, 7) is 0. The quantitative estimate of drug-likeness (QED) is 0.838. The molecule has 0 aliphatic heterocycles. The van der Waals surface area contributed by atoms with E-state index in [1.165, 1.54) is 18.2 Å². The predicted molar refractivity (Wildman–Crippen MR) is 70.7 cm³/mol. The predicted octanol–water partition coefficient (Wildman–Crippen LogP) is 2.82. The molecule has 4 nitrogen and oxygen atoms in total. The number of benzene rings is 1. The number of aromatic nitrogens is 1. The molecule has 6 heteroatoms. The Bertz CT molecular complexity index is 586. The number of nitrogens with two attached hydrogens (primary N) is 1. The smallest absolute Gasteiger partial charge is 0.259 e. The molecule has 3 N–H and O–H groups in total. The van der Waals surface area contributed by atoms with Crippen LogP contribution in [0.3, 0.4) is 0 Å². The third kappa shape index (κ3) is 2.65. The van der Waals surface area contributed by atoms with Crippen molar-refractivity contribution in [2.24, 2.45) is 0 Å². The number of pyridine rings is 1. The molecule has 0 unspecified atom stereocenters. The van der Waals surface area contributed by atoms with Crippen molar-refractivity contribution >= 4 is 33.3 Å². The third-order valence-corrected chi connectivity index (χ3v) is 2.74. The fraction of sp³-hybridized carbons (Fsp3) is 0. The summed E-state index contributed by atoms with van der Waals surface area (Å²) in [5, 5.41) is 2.54. The van der Waals surface area contributed by atoms with Gasteiger partial charge in [-0.1, -0.05) is 6.07 Å². The highest BCUT2D eigenvalue weighted by Gasteiger charge is 2.12. The Balaban J connectivity index is 2.22. The average molecular weight is 310 g/mol. The summed E-state index contributed by atoms with van der Waals surface area (Å²) < 4.78 is 14.0. The van der Waals surface area contributed by atoms with Crippen LogP contribution in [0.5, 0.6) is 0 Å². The number of anilines is 2. The van der Waals surface area contributed by atoms with Crippen molar-refractivity contribution in [1.82, 2.24) is 4.98 Å². The molecule has 1 aromatic heterocycles. The van der Waals surface area contributed by atoms with Crippen molar-refractivity contribution in [3.63, 3.8) is 0 Å². The van der Waals surface area contributed by atoms with Crippen LogP contribution in [-0.4, -0.2) is 10.9 Å². The zero-order valence-electron chi connectivity index (χ0n) is 9.15. The minimum Gasteiger partial charge on any atom is -0.396 e. The minimum atomic E-state index is -0.619.